The van der Waals surface area contributed by atoms with Crippen LogP contribution >= 0.6 is 28.6 Å². The predicted molar refractivity (Wildman–Crippen MR) is 59.1 cm³/mol. The molecule has 0 aliphatic heterocycles. The van der Waals surface area contributed by atoms with Gasteiger partial charge in [0.25, 0.3) is 0 Å². The van der Waals surface area contributed by atoms with Gasteiger partial charge < -0.3 is 4.42 Å². The SMILES string of the molecule is Sc1cc(Br)ccc1-c1ccco1. The minimum atomic E-state index is 0.845. The summed E-state index contributed by atoms with van der Waals surface area (Å²) >= 11 is 7.74. The first-order valence-electron chi connectivity index (χ1n) is 3.80. The highest BCUT2D eigenvalue weighted by Gasteiger charge is 2.04. The number of hydrogen-bond acceptors (Lipinski definition) is 2. The molecule has 2 rings (SSSR count). The molecule has 0 spiro atoms. The van der Waals surface area contributed by atoms with E-state index in [9.17, 15) is 0 Å². The lowest BCUT2D eigenvalue weighted by Crippen LogP contribution is -1.76. The molecule has 66 valence electrons. The molecular formula is C10H7BrOS. The smallest absolute Gasteiger partial charge is 0.134 e. The fourth-order valence-electron chi connectivity index (χ4n) is 1.14. The second-order valence-corrected chi connectivity index (χ2v) is 4.04. The van der Waals surface area contributed by atoms with E-state index in [0.29, 0.717) is 0 Å². The molecule has 0 aliphatic carbocycles. The summed E-state index contributed by atoms with van der Waals surface area (Å²) in [5, 5.41) is 0. The summed E-state index contributed by atoms with van der Waals surface area (Å²) in [6, 6.07) is 9.68. The van der Waals surface area contributed by atoms with Crippen LogP contribution < -0.4 is 0 Å². The Balaban J connectivity index is 2.53. The number of benzene rings is 1. The van der Waals surface area contributed by atoms with E-state index in [0.717, 1.165) is 20.7 Å². The Kier molecular flexibility index (Phi) is 2.47. The van der Waals surface area contributed by atoms with Crippen molar-refractivity contribution in [1.29, 1.82) is 0 Å². The summed E-state index contributed by atoms with van der Waals surface area (Å²) in [5.74, 6) is 0.845. The third-order valence-corrected chi connectivity index (χ3v) is 2.61. The van der Waals surface area contributed by atoms with E-state index >= 15 is 0 Å². The van der Waals surface area contributed by atoms with E-state index in [1.165, 1.54) is 0 Å². The van der Waals surface area contributed by atoms with Crippen LogP contribution in [0.2, 0.25) is 0 Å². The fourth-order valence-corrected chi connectivity index (χ4v) is 2.01. The zero-order valence-electron chi connectivity index (χ0n) is 6.70. The van der Waals surface area contributed by atoms with Crippen molar-refractivity contribution >= 4 is 28.6 Å². The van der Waals surface area contributed by atoms with E-state index in [4.69, 9.17) is 4.42 Å². The van der Waals surface area contributed by atoms with Gasteiger partial charge >= 0.3 is 0 Å². The van der Waals surface area contributed by atoms with Gasteiger partial charge in [-0.1, -0.05) is 15.9 Å². The van der Waals surface area contributed by atoms with E-state index < -0.39 is 0 Å². The number of furan rings is 1. The van der Waals surface area contributed by atoms with Crippen LogP contribution in [0, 0.1) is 0 Å². The molecule has 0 amide bonds. The molecule has 0 fully saturated rings. The minimum absolute atomic E-state index is 0.845. The molecular weight excluding hydrogens is 248 g/mol. The van der Waals surface area contributed by atoms with Gasteiger partial charge in [0.15, 0.2) is 0 Å². The number of thiol groups is 1. The average Bonchev–Trinajstić information content (AvgIpc) is 2.56. The maximum atomic E-state index is 5.28. The third-order valence-electron chi connectivity index (χ3n) is 1.75. The van der Waals surface area contributed by atoms with Crippen LogP contribution in [0.4, 0.5) is 0 Å². The monoisotopic (exact) mass is 254 g/mol. The Hall–Kier alpha value is -0.670. The Labute approximate surface area is 90.3 Å². The molecule has 2 aromatic rings. The van der Waals surface area contributed by atoms with Gasteiger partial charge in [0.2, 0.25) is 0 Å². The normalized spacial score (nSPS) is 10.3. The molecule has 0 N–H and O–H groups in total. The van der Waals surface area contributed by atoms with Gasteiger partial charge in [-0.15, -0.1) is 12.6 Å². The van der Waals surface area contributed by atoms with Gasteiger partial charge in [-0.05, 0) is 30.3 Å². The van der Waals surface area contributed by atoms with Gasteiger partial charge in [0.1, 0.15) is 5.76 Å². The van der Waals surface area contributed by atoms with Crippen LogP contribution in [0.3, 0.4) is 0 Å². The van der Waals surface area contributed by atoms with Crippen LogP contribution in [0.5, 0.6) is 0 Å². The molecule has 0 saturated heterocycles. The van der Waals surface area contributed by atoms with Crippen LogP contribution in [0.1, 0.15) is 0 Å². The molecule has 1 heterocycles. The third kappa shape index (κ3) is 1.81. The second-order valence-electron chi connectivity index (χ2n) is 2.64. The molecule has 3 heteroatoms. The summed E-state index contributed by atoms with van der Waals surface area (Å²) in [6.45, 7) is 0. The van der Waals surface area contributed by atoms with E-state index in [1.54, 1.807) is 6.26 Å². The Bertz CT molecular complexity index is 409. The lowest BCUT2D eigenvalue weighted by molar-refractivity contribution is 0.581. The van der Waals surface area contributed by atoms with Crippen molar-refractivity contribution in [1.82, 2.24) is 0 Å². The molecule has 1 aromatic carbocycles. The first kappa shape index (κ1) is 8.91. The summed E-state index contributed by atoms with van der Waals surface area (Å²) in [5.41, 5.74) is 1.01. The van der Waals surface area contributed by atoms with Crippen molar-refractivity contribution in [2.75, 3.05) is 0 Å². The van der Waals surface area contributed by atoms with Crippen molar-refractivity contribution in [2.24, 2.45) is 0 Å². The molecule has 0 bridgehead atoms. The molecule has 1 nitrogen and oxygen atoms in total. The van der Waals surface area contributed by atoms with Crippen LogP contribution in [0.25, 0.3) is 11.3 Å². The highest BCUT2D eigenvalue weighted by atomic mass is 79.9. The van der Waals surface area contributed by atoms with Crippen LogP contribution in [0.15, 0.2) is 50.4 Å². The molecule has 0 radical (unpaired) electrons. The quantitative estimate of drug-likeness (QED) is 0.760. The largest absolute Gasteiger partial charge is 0.464 e. The van der Waals surface area contributed by atoms with Gasteiger partial charge in [-0.25, -0.2) is 0 Å². The highest BCUT2D eigenvalue weighted by Crippen LogP contribution is 2.29. The van der Waals surface area contributed by atoms with Crippen molar-refractivity contribution in [3.8, 4) is 11.3 Å². The Morgan fingerprint density at radius 3 is 2.69 bits per heavy atom. The Morgan fingerprint density at radius 1 is 1.23 bits per heavy atom. The molecule has 0 atom stereocenters. The molecule has 0 aliphatic rings. The molecule has 13 heavy (non-hydrogen) atoms. The van der Waals surface area contributed by atoms with Crippen LogP contribution in [-0.4, -0.2) is 0 Å². The zero-order chi connectivity index (χ0) is 9.26. The van der Waals surface area contributed by atoms with Crippen molar-refractivity contribution < 1.29 is 4.42 Å². The summed E-state index contributed by atoms with van der Waals surface area (Å²) in [7, 11) is 0. The van der Waals surface area contributed by atoms with Crippen molar-refractivity contribution in [2.45, 2.75) is 4.90 Å². The van der Waals surface area contributed by atoms with Crippen molar-refractivity contribution in [3.63, 3.8) is 0 Å². The van der Waals surface area contributed by atoms with E-state index in [-0.39, 0.29) is 0 Å². The first-order valence-corrected chi connectivity index (χ1v) is 5.04. The topological polar surface area (TPSA) is 13.1 Å². The van der Waals surface area contributed by atoms with Gasteiger partial charge in [0.05, 0.1) is 6.26 Å². The predicted octanol–water partition coefficient (Wildman–Crippen LogP) is 4.00. The summed E-state index contributed by atoms with van der Waals surface area (Å²) in [4.78, 5) is 0.907. The van der Waals surface area contributed by atoms with Gasteiger partial charge in [0, 0.05) is 14.9 Å². The van der Waals surface area contributed by atoms with Gasteiger partial charge in [-0.2, -0.15) is 0 Å². The highest BCUT2D eigenvalue weighted by molar-refractivity contribution is 9.10. The van der Waals surface area contributed by atoms with E-state index in [1.807, 2.05) is 30.3 Å². The number of rotatable bonds is 1. The zero-order valence-corrected chi connectivity index (χ0v) is 9.18. The van der Waals surface area contributed by atoms with Crippen molar-refractivity contribution in [3.05, 3.63) is 41.1 Å². The maximum absolute atomic E-state index is 5.28. The summed E-state index contributed by atoms with van der Waals surface area (Å²) < 4.78 is 6.30. The lowest BCUT2D eigenvalue weighted by atomic mass is 10.2. The first-order chi connectivity index (χ1) is 6.27. The molecule has 0 saturated carbocycles. The molecule has 1 aromatic heterocycles. The fraction of sp³-hybridized carbons (Fsp3) is 0. The van der Waals surface area contributed by atoms with E-state index in [2.05, 4.69) is 28.6 Å². The van der Waals surface area contributed by atoms with Gasteiger partial charge in [-0.3, -0.25) is 0 Å². The summed E-state index contributed by atoms with van der Waals surface area (Å²) in [6.07, 6.45) is 1.66. The molecule has 0 unspecified atom stereocenters. The lowest BCUT2D eigenvalue weighted by Gasteiger charge is -2.01. The number of hydrogen-bond donors (Lipinski definition) is 1. The van der Waals surface area contributed by atoms with Crippen LogP contribution in [-0.2, 0) is 0 Å². The minimum Gasteiger partial charge on any atom is -0.464 e. The average molecular weight is 255 g/mol. The number of halogens is 1. The Morgan fingerprint density at radius 2 is 2.08 bits per heavy atom. The standard InChI is InChI=1S/C10H7BrOS/c11-7-3-4-8(10(13)6-7)9-2-1-5-12-9/h1-6,13H. The maximum Gasteiger partial charge on any atom is 0.134 e. The second kappa shape index (κ2) is 3.60.